The highest BCUT2D eigenvalue weighted by molar-refractivity contribution is 7.88. The van der Waals surface area contributed by atoms with Gasteiger partial charge < -0.3 is 15.5 Å². The van der Waals surface area contributed by atoms with E-state index in [4.69, 9.17) is 46.4 Å². The zero-order valence-corrected chi connectivity index (χ0v) is 36.0. The molecule has 56 heavy (non-hydrogen) atoms. The lowest BCUT2D eigenvalue weighted by Crippen LogP contribution is -2.34. The molecule has 0 atom stereocenters. The van der Waals surface area contributed by atoms with E-state index in [9.17, 15) is 18.0 Å². The lowest BCUT2D eigenvalue weighted by molar-refractivity contribution is -0.116. The number of halogens is 4. The number of hydrogen-bond donors (Lipinski definition) is 3. The van der Waals surface area contributed by atoms with Gasteiger partial charge in [0.05, 0.1) is 32.7 Å². The predicted molar refractivity (Wildman–Crippen MR) is 235 cm³/mol. The van der Waals surface area contributed by atoms with Crippen molar-refractivity contribution >= 4 is 108 Å². The summed E-state index contributed by atoms with van der Waals surface area (Å²) in [5, 5.41) is 12.5. The number of likely N-dealkylation sites (N-methyl/N-ethyl adjacent to an activating group) is 1. The Kier molecular flexibility index (Phi) is 18.2. The minimum Gasteiger partial charge on any atom is -0.370 e. The first-order valence-electron chi connectivity index (χ1n) is 19.1. The molecule has 1 aliphatic heterocycles. The fraction of sp³-hybridized carbons (Fsp3) is 0.450. The Morgan fingerprint density at radius 1 is 0.821 bits per heavy atom. The predicted octanol–water partition coefficient (Wildman–Crippen LogP) is 10.9. The molecule has 0 saturated carbocycles. The number of unbranched alkanes of at least 4 members (excludes halogenated alkanes) is 10. The Balaban J connectivity index is 1.47. The molecular formula is C40H51Cl4N7O4S. The molecule has 2 amide bonds. The first kappa shape index (κ1) is 45.3. The van der Waals surface area contributed by atoms with E-state index in [0.717, 1.165) is 36.2 Å². The van der Waals surface area contributed by atoms with Crippen LogP contribution in [0.1, 0.15) is 90.9 Å². The van der Waals surface area contributed by atoms with Crippen LogP contribution in [0.2, 0.25) is 20.1 Å². The molecule has 3 aromatic rings. The van der Waals surface area contributed by atoms with Crippen LogP contribution < -0.4 is 25.3 Å². The summed E-state index contributed by atoms with van der Waals surface area (Å²) in [6.45, 7) is 5.53. The van der Waals surface area contributed by atoms with E-state index in [2.05, 4.69) is 32.4 Å². The third-order valence-electron chi connectivity index (χ3n) is 9.11. The third kappa shape index (κ3) is 14.2. The first-order chi connectivity index (χ1) is 26.8. The molecule has 0 radical (unpaired) electrons. The van der Waals surface area contributed by atoms with Gasteiger partial charge in [-0.1, -0.05) is 118 Å². The summed E-state index contributed by atoms with van der Waals surface area (Å²) in [6, 6.07) is 15.1. The van der Waals surface area contributed by atoms with E-state index in [-0.39, 0.29) is 44.8 Å². The molecular weight excluding hydrogens is 816 g/mol. The minimum atomic E-state index is -3.31. The van der Waals surface area contributed by atoms with Gasteiger partial charge in [0.1, 0.15) is 5.69 Å². The third-order valence-corrected chi connectivity index (χ3v) is 11.0. The number of rotatable bonds is 22. The number of amidine groups is 1. The van der Waals surface area contributed by atoms with Crippen molar-refractivity contribution in [1.82, 2.24) is 4.72 Å². The van der Waals surface area contributed by atoms with Crippen LogP contribution in [0.5, 0.6) is 0 Å². The Morgan fingerprint density at radius 3 is 2.02 bits per heavy atom. The maximum absolute atomic E-state index is 14.0. The average molecular weight is 868 g/mol. The van der Waals surface area contributed by atoms with Crippen LogP contribution in [0.15, 0.2) is 64.7 Å². The smallest absolute Gasteiger partial charge is 0.301 e. The molecule has 3 N–H and O–H groups in total. The van der Waals surface area contributed by atoms with Crippen molar-refractivity contribution in [1.29, 1.82) is 0 Å². The maximum atomic E-state index is 14.0. The Labute approximate surface area is 351 Å². The van der Waals surface area contributed by atoms with Crippen LogP contribution in [0.4, 0.5) is 28.4 Å². The SMILES string of the molecule is CCCCCCCCCCCCCC(=O)Nc1ccc(Cl)c(NC2=NN(c3c(Cl)cc(Cl)cc3Cl)C(=O)/C2=N\c2ccc(N(CC)CCNS(C)(=O)=O)cc2)c1. The monoisotopic (exact) mass is 865 g/mol. The van der Waals surface area contributed by atoms with Crippen molar-refractivity contribution in [3.8, 4) is 0 Å². The zero-order chi connectivity index (χ0) is 40.7. The number of carbonyl (C=O) groups is 2. The zero-order valence-electron chi connectivity index (χ0n) is 32.1. The van der Waals surface area contributed by atoms with E-state index in [1.807, 2.05) is 24.0 Å². The lowest BCUT2D eigenvalue weighted by Gasteiger charge is -2.23. The molecule has 4 rings (SSSR count). The average Bonchev–Trinajstić information content (AvgIpc) is 3.43. The van der Waals surface area contributed by atoms with Crippen LogP contribution in [-0.4, -0.2) is 57.7 Å². The van der Waals surface area contributed by atoms with Gasteiger partial charge in [0.15, 0.2) is 11.5 Å². The molecule has 304 valence electrons. The quantitative estimate of drug-likeness (QED) is 0.0861. The molecule has 0 spiro atoms. The molecule has 0 fully saturated rings. The minimum absolute atomic E-state index is 0.0495. The van der Waals surface area contributed by atoms with Crippen LogP contribution in [0.3, 0.4) is 0 Å². The number of hydrogen-bond acceptors (Lipinski definition) is 8. The highest BCUT2D eigenvalue weighted by Crippen LogP contribution is 2.39. The second-order valence-corrected chi connectivity index (χ2v) is 17.2. The summed E-state index contributed by atoms with van der Waals surface area (Å²) in [5.41, 5.74) is 2.26. The molecule has 1 heterocycles. The van der Waals surface area contributed by atoms with Gasteiger partial charge >= 0.3 is 5.91 Å². The molecule has 0 aromatic heterocycles. The van der Waals surface area contributed by atoms with Crippen molar-refractivity contribution in [2.45, 2.75) is 90.9 Å². The molecule has 3 aromatic carbocycles. The second kappa shape index (κ2) is 22.5. The number of hydrazone groups is 1. The summed E-state index contributed by atoms with van der Waals surface area (Å²) < 4.78 is 25.6. The number of nitrogens with zero attached hydrogens (tertiary/aromatic N) is 4. The fourth-order valence-electron chi connectivity index (χ4n) is 6.17. The molecule has 11 nitrogen and oxygen atoms in total. The van der Waals surface area contributed by atoms with E-state index in [1.54, 1.807) is 30.3 Å². The van der Waals surface area contributed by atoms with Gasteiger partial charge in [-0.15, -0.1) is 5.10 Å². The molecule has 0 bridgehead atoms. The van der Waals surface area contributed by atoms with E-state index in [1.165, 1.54) is 63.5 Å². The summed E-state index contributed by atoms with van der Waals surface area (Å²) >= 11 is 25.8. The normalized spacial score (nSPS) is 13.7. The van der Waals surface area contributed by atoms with Crippen LogP contribution in [0.25, 0.3) is 0 Å². The number of benzene rings is 3. The number of nitrogens with one attached hydrogen (secondary N) is 3. The summed E-state index contributed by atoms with van der Waals surface area (Å²) in [4.78, 5) is 33.5. The molecule has 0 aliphatic carbocycles. The number of anilines is 4. The number of aliphatic imine (C=N–C) groups is 1. The maximum Gasteiger partial charge on any atom is 0.301 e. The van der Waals surface area contributed by atoms with Crippen molar-refractivity contribution in [3.63, 3.8) is 0 Å². The largest absolute Gasteiger partial charge is 0.370 e. The van der Waals surface area contributed by atoms with Crippen molar-refractivity contribution in [3.05, 3.63) is 74.7 Å². The molecule has 0 saturated heterocycles. The van der Waals surface area contributed by atoms with Gasteiger partial charge in [-0.05, 0) is 67.9 Å². The van der Waals surface area contributed by atoms with E-state index < -0.39 is 15.9 Å². The fourth-order valence-corrected chi connectivity index (χ4v) is 7.77. The van der Waals surface area contributed by atoms with Crippen LogP contribution in [0, 0.1) is 0 Å². The van der Waals surface area contributed by atoms with Gasteiger partial charge in [-0.3, -0.25) is 9.59 Å². The standard InChI is InChI=1S/C40H51Cl4N7O4S/c1-4-6-7-8-9-10-11-12-13-14-15-16-36(52)46-30-19-22-32(42)35(27-30)48-39-37(40(53)51(49-39)38-33(43)25-28(41)26-34(38)44)47-29-17-20-31(21-18-29)50(5-2)24-23-45-56(3,54)55/h17-22,25-27,45H,4-16,23-24H2,1-3H3,(H,46,52)(H,48,49)/b47-37-. The number of sulfonamides is 1. The second-order valence-electron chi connectivity index (χ2n) is 13.7. The molecule has 16 heteroatoms. The summed E-state index contributed by atoms with van der Waals surface area (Å²) in [5.74, 6) is -0.647. The molecule has 0 unspecified atom stereocenters. The van der Waals surface area contributed by atoms with Crippen molar-refractivity contribution in [2.75, 3.05) is 46.4 Å². The number of amides is 2. The highest BCUT2D eigenvalue weighted by Gasteiger charge is 2.36. The Morgan fingerprint density at radius 2 is 1.43 bits per heavy atom. The summed E-state index contributed by atoms with van der Waals surface area (Å²) in [7, 11) is -3.31. The van der Waals surface area contributed by atoms with Crippen LogP contribution >= 0.6 is 46.4 Å². The summed E-state index contributed by atoms with van der Waals surface area (Å²) in [6.07, 6.45) is 14.8. The van der Waals surface area contributed by atoms with Crippen LogP contribution in [-0.2, 0) is 19.6 Å². The van der Waals surface area contributed by atoms with Gasteiger partial charge in [0, 0.05) is 42.5 Å². The van der Waals surface area contributed by atoms with Gasteiger partial charge in [-0.2, -0.15) is 5.01 Å². The van der Waals surface area contributed by atoms with Gasteiger partial charge in [0.2, 0.25) is 15.9 Å². The van der Waals surface area contributed by atoms with Gasteiger partial charge in [-0.25, -0.2) is 18.1 Å². The lowest BCUT2D eigenvalue weighted by atomic mass is 10.1. The molecule has 1 aliphatic rings. The first-order valence-corrected chi connectivity index (χ1v) is 22.5. The van der Waals surface area contributed by atoms with E-state index >= 15 is 0 Å². The Bertz CT molecular complexity index is 1950. The van der Waals surface area contributed by atoms with Crippen molar-refractivity contribution in [2.24, 2.45) is 10.1 Å². The topological polar surface area (TPSA) is 136 Å². The Hall–Kier alpha value is -3.39. The van der Waals surface area contributed by atoms with Crippen molar-refractivity contribution < 1.29 is 18.0 Å². The highest BCUT2D eigenvalue weighted by atomic mass is 35.5. The van der Waals surface area contributed by atoms with E-state index in [0.29, 0.717) is 41.6 Å². The van der Waals surface area contributed by atoms with Gasteiger partial charge in [0.25, 0.3) is 0 Å². The number of carbonyl (C=O) groups excluding carboxylic acids is 2.